The van der Waals surface area contributed by atoms with Crippen molar-refractivity contribution in [1.82, 2.24) is 0 Å². The first-order chi connectivity index (χ1) is 35.9. The van der Waals surface area contributed by atoms with Gasteiger partial charge in [-0.3, -0.25) is 38.4 Å². The van der Waals surface area contributed by atoms with Crippen molar-refractivity contribution in [3.05, 3.63) is 36.3 Å². The highest BCUT2D eigenvalue weighted by molar-refractivity contribution is 5.90. The number of carbonyl (C=O) groups excluding carboxylic acids is 11. The Morgan fingerprint density at radius 2 is 0.974 bits per heavy atom. The maximum atomic E-state index is 14.4. The van der Waals surface area contributed by atoms with E-state index in [0.717, 1.165) is 75.0 Å². The first kappa shape index (κ1) is 59.9. The Labute approximate surface area is 435 Å². The average molecular weight is 1080 g/mol. The van der Waals surface area contributed by atoms with Crippen LogP contribution in [-0.2, 0) is 129 Å². The zero-order valence-corrected chi connectivity index (χ0v) is 43.3. The van der Waals surface area contributed by atoms with Crippen LogP contribution in [0.4, 0.5) is 0 Å². The molecule has 420 valence electrons. The van der Waals surface area contributed by atoms with Gasteiger partial charge in [0, 0.05) is 91.4 Å². The second-order valence-corrected chi connectivity index (χ2v) is 18.1. The zero-order valence-electron chi connectivity index (χ0n) is 43.3. The van der Waals surface area contributed by atoms with Gasteiger partial charge in [-0.25, -0.2) is 9.59 Å². The van der Waals surface area contributed by atoms with Gasteiger partial charge in [-0.1, -0.05) is 13.0 Å². The second kappa shape index (κ2) is 26.7. The van der Waals surface area contributed by atoms with Crippen LogP contribution in [0.1, 0.15) is 75.2 Å². The number of ether oxygens (including phenoxy) is 16. The highest BCUT2D eigenvalue weighted by Gasteiger charge is 2.59. The van der Waals surface area contributed by atoms with Crippen LogP contribution in [0.5, 0.6) is 0 Å². The highest BCUT2D eigenvalue weighted by atomic mass is 16.8. The third-order valence-corrected chi connectivity index (χ3v) is 12.7. The Bertz CT molecular complexity index is 2290. The molecule has 0 N–H and O–H groups in total. The Morgan fingerprint density at radius 3 is 1.39 bits per heavy atom. The molecule has 5 rings (SSSR count). The largest absolute Gasteiger partial charge is 0.472 e. The summed E-state index contributed by atoms with van der Waals surface area (Å²) in [5.41, 5.74) is -0.155. The molecule has 1 aliphatic carbocycles. The molecule has 4 aliphatic heterocycles. The lowest BCUT2D eigenvalue weighted by Gasteiger charge is -2.46. The number of hydrogen-bond acceptors (Lipinski definition) is 27. The number of hydrogen-bond donors (Lipinski definition) is 0. The summed E-state index contributed by atoms with van der Waals surface area (Å²) in [5.74, 6) is -13.3. The molecule has 76 heavy (non-hydrogen) atoms. The Balaban J connectivity index is 1.45. The number of aldehydes is 1. The molecular formula is C49H62O27. The molecular weight excluding hydrogens is 1020 g/mol. The first-order valence-electron chi connectivity index (χ1n) is 23.9. The van der Waals surface area contributed by atoms with E-state index in [1.807, 2.05) is 0 Å². The summed E-state index contributed by atoms with van der Waals surface area (Å²) in [6.45, 7) is 12.9. The van der Waals surface area contributed by atoms with Gasteiger partial charge in [0.1, 0.15) is 37.8 Å². The van der Waals surface area contributed by atoms with Gasteiger partial charge in [-0.15, -0.1) is 6.58 Å². The van der Waals surface area contributed by atoms with Crippen molar-refractivity contribution in [2.45, 2.75) is 155 Å². The summed E-state index contributed by atoms with van der Waals surface area (Å²) >= 11 is 0. The van der Waals surface area contributed by atoms with E-state index in [1.54, 1.807) is 6.92 Å². The van der Waals surface area contributed by atoms with E-state index in [0.29, 0.717) is 6.29 Å². The lowest BCUT2D eigenvalue weighted by Crippen LogP contribution is -2.63. The first-order valence-corrected chi connectivity index (χ1v) is 23.9. The fraction of sp³-hybridized carbons (Fsp3) is 0.653. The summed E-state index contributed by atoms with van der Waals surface area (Å²) in [6.07, 6.45) is -16.2. The van der Waals surface area contributed by atoms with Gasteiger partial charge >= 0.3 is 59.7 Å². The van der Waals surface area contributed by atoms with Crippen molar-refractivity contribution >= 4 is 66.0 Å². The minimum Gasteiger partial charge on any atom is -0.472 e. The molecule has 0 aromatic heterocycles. The Morgan fingerprint density at radius 1 is 0.553 bits per heavy atom. The minimum atomic E-state index is -1.73. The molecule has 0 amide bonds. The smallest absolute Gasteiger partial charge is 0.337 e. The van der Waals surface area contributed by atoms with Crippen molar-refractivity contribution in [2.75, 3.05) is 20.3 Å². The molecule has 1 saturated carbocycles. The molecule has 5 aliphatic rings. The van der Waals surface area contributed by atoms with Crippen LogP contribution in [-0.4, -0.2) is 166 Å². The standard InChI is InChI=1S/C49H62O27/c1-12-29-30(13-14-50)32(16-64-46(29)75-48-42(70-27(9)57)40(68-25(7)55)38(66-23(5)53)35(73-48)18-62-21(3)51)45(60)72-34-15-31-33(44(59)61-11)17-65-47(37(31)20(34)2)76-49-43(71-28(10)58)41(69-26(8)56)39(67-24(6)54)36(74-49)19-63-22(4)52/h12,14,16-17,20,29-31,34-43,46-49H,1,13,15,18-19H2,2-11H3. The molecule has 3 fully saturated rings. The van der Waals surface area contributed by atoms with Crippen molar-refractivity contribution < 1.29 is 129 Å². The van der Waals surface area contributed by atoms with Gasteiger partial charge in [-0.05, 0) is 6.42 Å². The van der Waals surface area contributed by atoms with Gasteiger partial charge in [-0.2, -0.15) is 0 Å². The Kier molecular flexibility index (Phi) is 21.0. The van der Waals surface area contributed by atoms with Gasteiger partial charge in [0.05, 0.1) is 30.8 Å². The van der Waals surface area contributed by atoms with Crippen molar-refractivity contribution in [3.8, 4) is 0 Å². The predicted octanol–water partition coefficient (Wildman–Crippen LogP) is 1.03. The van der Waals surface area contributed by atoms with Gasteiger partial charge in [0.25, 0.3) is 0 Å². The van der Waals surface area contributed by atoms with Gasteiger partial charge < -0.3 is 80.6 Å². The summed E-state index contributed by atoms with van der Waals surface area (Å²) in [5, 5.41) is 0. The second-order valence-electron chi connectivity index (χ2n) is 18.1. The lowest BCUT2D eigenvalue weighted by molar-refractivity contribution is -0.345. The number of esters is 10. The molecule has 27 heteroatoms. The summed E-state index contributed by atoms with van der Waals surface area (Å²) in [6, 6.07) is 0. The third kappa shape index (κ3) is 14.9. The number of rotatable bonds is 20. The van der Waals surface area contributed by atoms with Crippen LogP contribution >= 0.6 is 0 Å². The fourth-order valence-electron chi connectivity index (χ4n) is 9.69. The molecule has 0 aromatic carbocycles. The molecule has 0 spiro atoms. The molecule has 4 heterocycles. The molecule has 18 atom stereocenters. The number of methoxy groups -OCH3 is 1. The quantitative estimate of drug-likeness (QED) is 0.0711. The average Bonchev–Trinajstić information content (AvgIpc) is 3.65. The third-order valence-electron chi connectivity index (χ3n) is 12.7. The molecule has 0 aromatic rings. The molecule has 0 bridgehead atoms. The highest BCUT2D eigenvalue weighted by Crippen LogP contribution is 2.50. The van der Waals surface area contributed by atoms with E-state index in [2.05, 4.69) is 6.58 Å². The minimum absolute atomic E-state index is 0.0206. The van der Waals surface area contributed by atoms with Crippen molar-refractivity contribution in [2.24, 2.45) is 29.6 Å². The molecule has 18 unspecified atom stereocenters. The van der Waals surface area contributed by atoms with Crippen molar-refractivity contribution in [3.63, 3.8) is 0 Å². The monoisotopic (exact) mass is 1080 g/mol. The maximum Gasteiger partial charge on any atom is 0.337 e. The normalized spacial score (nSPS) is 33.4. The number of carbonyl (C=O) groups is 11. The predicted molar refractivity (Wildman–Crippen MR) is 243 cm³/mol. The maximum absolute atomic E-state index is 14.4. The van der Waals surface area contributed by atoms with E-state index >= 15 is 0 Å². The fourth-order valence-corrected chi connectivity index (χ4v) is 9.69. The van der Waals surface area contributed by atoms with Crippen molar-refractivity contribution in [1.29, 1.82) is 0 Å². The summed E-state index contributed by atoms with van der Waals surface area (Å²) in [7, 11) is 1.14. The number of fused-ring (bicyclic) bond motifs is 1. The van der Waals surface area contributed by atoms with Crippen LogP contribution < -0.4 is 0 Å². The van der Waals surface area contributed by atoms with E-state index in [9.17, 15) is 52.7 Å². The summed E-state index contributed by atoms with van der Waals surface area (Å²) in [4.78, 5) is 138. The van der Waals surface area contributed by atoms with Gasteiger partial charge in [0.15, 0.2) is 36.6 Å². The molecule has 27 nitrogen and oxygen atoms in total. The van der Waals surface area contributed by atoms with Crippen LogP contribution in [0.2, 0.25) is 0 Å². The summed E-state index contributed by atoms with van der Waals surface area (Å²) < 4.78 is 91.3. The van der Waals surface area contributed by atoms with Crippen LogP contribution in [0.15, 0.2) is 36.3 Å². The van der Waals surface area contributed by atoms with Gasteiger partial charge in [0.2, 0.25) is 25.2 Å². The van der Waals surface area contributed by atoms with Crippen LogP contribution in [0.25, 0.3) is 0 Å². The topological polar surface area (TPSA) is 335 Å². The molecule has 2 saturated heterocycles. The van der Waals surface area contributed by atoms with E-state index in [4.69, 9.17) is 75.8 Å². The Hall–Kier alpha value is -6.97. The van der Waals surface area contributed by atoms with Crippen LogP contribution in [0, 0.1) is 29.6 Å². The van der Waals surface area contributed by atoms with Crippen LogP contribution in [0.3, 0.4) is 0 Å². The lowest BCUT2D eigenvalue weighted by atomic mass is 9.82. The zero-order chi connectivity index (χ0) is 56.3. The van der Waals surface area contributed by atoms with E-state index in [1.165, 1.54) is 6.08 Å². The van der Waals surface area contributed by atoms with E-state index < -0.39 is 183 Å². The SMILES string of the molecule is C=CC1C(OC2OC(COC(C)=O)C(OC(C)=O)C(OC(C)=O)C2OC(C)=O)OC=C(C(=O)OC2CC3C(C(=O)OC)=COC(OC4OC(COC(C)=O)C(OC(C)=O)C(OC(C)=O)C4OC(C)=O)C3C2C)C1CC=O. The van der Waals surface area contributed by atoms with E-state index in [-0.39, 0.29) is 24.0 Å². The molecule has 0 radical (unpaired) electrons.